The van der Waals surface area contributed by atoms with Gasteiger partial charge in [-0.3, -0.25) is 4.57 Å². The zero-order valence-corrected chi connectivity index (χ0v) is 12.7. The standard InChI is InChI=1S/C14H14N4O4S/c19-4-7-11(20)12(21)14(22-7)18-6-17-10-9(8-2-1-3-23-8)15-5-16-13(10)18/h1-3,5-7,11-12,14,19-21H,4H2/t7-,11-,12-,14-/m1/s1. The molecule has 9 heteroatoms. The molecular formula is C14H14N4O4S. The highest BCUT2D eigenvalue weighted by Gasteiger charge is 2.44. The van der Waals surface area contributed by atoms with E-state index in [9.17, 15) is 15.3 Å². The molecule has 0 aliphatic carbocycles. The summed E-state index contributed by atoms with van der Waals surface area (Å²) in [4.78, 5) is 13.8. The van der Waals surface area contributed by atoms with Gasteiger partial charge in [0, 0.05) is 0 Å². The van der Waals surface area contributed by atoms with Crippen molar-refractivity contribution in [1.82, 2.24) is 19.5 Å². The van der Waals surface area contributed by atoms with Gasteiger partial charge in [-0.2, -0.15) is 0 Å². The molecule has 3 aromatic rings. The van der Waals surface area contributed by atoms with E-state index in [1.54, 1.807) is 15.9 Å². The second-order valence-electron chi connectivity index (χ2n) is 5.25. The Bertz CT molecular complexity index is 821. The van der Waals surface area contributed by atoms with Crippen LogP contribution in [0.25, 0.3) is 21.7 Å². The number of rotatable bonds is 3. The van der Waals surface area contributed by atoms with Crippen molar-refractivity contribution >= 4 is 22.5 Å². The summed E-state index contributed by atoms with van der Waals surface area (Å²) in [5.74, 6) is 0. The molecule has 120 valence electrons. The number of aromatic nitrogens is 4. The average Bonchev–Trinajstić information content (AvgIpc) is 3.28. The molecule has 4 heterocycles. The summed E-state index contributed by atoms with van der Waals surface area (Å²) in [6.07, 6.45) is -1.12. The first-order valence-electron chi connectivity index (χ1n) is 7.04. The van der Waals surface area contributed by atoms with Gasteiger partial charge in [-0.25, -0.2) is 15.0 Å². The zero-order chi connectivity index (χ0) is 16.0. The van der Waals surface area contributed by atoms with Crippen LogP contribution < -0.4 is 0 Å². The number of hydrogen-bond acceptors (Lipinski definition) is 8. The maximum absolute atomic E-state index is 10.2. The fraction of sp³-hybridized carbons (Fsp3) is 0.357. The van der Waals surface area contributed by atoms with Crippen molar-refractivity contribution in [2.75, 3.05) is 6.61 Å². The van der Waals surface area contributed by atoms with Crippen molar-refractivity contribution in [1.29, 1.82) is 0 Å². The number of imidazole rings is 1. The maximum atomic E-state index is 10.2. The number of aliphatic hydroxyl groups is 3. The summed E-state index contributed by atoms with van der Waals surface area (Å²) in [7, 11) is 0. The molecule has 8 nitrogen and oxygen atoms in total. The molecule has 0 amide bonds. The number of thiophene rings is 1. The molecule has 0 radical (unpaired) electrons. The van der Waals surface area contributed by atoms with Crippen LogP contribution in [0, 0.1) is 0 Å². The maximum Gasteiger partial charge on any atom is 0.166 e. The molecule has 1 aliphatic heterocycles. The van der Waals surface area contributed by atoms with E-state index in [2.05, 4.69) is 15.0 Å². The molecule has 4 rings (SSSR count). The predicted molar refractivity (Wildman–Crippen MR) is 81.6 cm³/mol. The molecule has 0 aromatic carbocycles. The molecule has 23 heavy (non-hydrogen) atoms. The Morgan fingerprint density at radius 1 is 1.22 bits per heavy atom. The second kappa shape index (κ2) is 5.62. The van der Waals surface area contributed by atoms with Gasteiger partial charge in [0.15, 0.2) is 11.9 Å². The lowest BCUT2D eigenvalue weighted by Gasteiger charge is -2.16. The Labute approximate surface area is 134 Å². The lowest BCUT2D eigenvalue weighted by Crippen LogP contribution is -2.33. The van der Waals surface area contributed by atoms with Crippen LogP contribution >= 0.6 is 11.3 Å². The predicted octanol–water partition coefficient (Wildman–Crippen LogP) is 0.166. The van der Waals surface area contributed by atoms with E-state index in [-0.39, 0.29) is 6.61 Å². The third kappa shape index (κ3) is 2.25. The third-order valence-electron chi connectivity index (χ3n) is 3.90. The van der Waals surface area contributed by atoms with Crippen LogP contribution in [-0.4, -0.2) is 59.8 Å². The topological polar surface area (TPSA) is 114 Å². The molecule has 0 saturated carbocycles. The largest absolute Gasteiger partial charge is 0.394 e. The molecule has 3 aromatic heterocycles. The van der Waals surface area contributed by atoms with Crippen molar-refractivity contribution in [3.8, 4) is 10.6 Å². The smallest absolute Gasteiger partial charge is 0.166 e. The van der Waals surface area contributed by atoms with E-state index in [1.165, 1.54) is 12.7 Å². The first kappa shape index (κ1) is 14.7. The number of ether oxygens (including phenoxy) is 1. The van der Waals surface area contributed by atoms with Crippen LogP contribution in [0.15, 0.2) is 30.2 Å². The van der Waals surface area contributed by atoms with Gasteiger partial charge in [0.2, 0.25) is 0 Å². The molecular weight excluding hydrogens is 320 g/mol. The fourth-order valence-electron chi connectivity index (χ4n) is 2.74. The molecule has 0 spiro atoms. The molecule has 1 aliphatic rings. The summed E-state index contributed by atoms with van der Waals surface area (Å²) in [5, 5.41) is 31.2. The normalized spacial score (nSPS) is 27.8. The molecule has 0 bridgehead atoms. The summed E-state index contributed by atoms with van der Waals surface area (Å²) < 4.78 is 7.09. The van der Waals surface area contributed by atoms with Crippen molar-refractivity contribution in [3.63, 3.8) is 0 Å². The van der Waals surface area contributed by atoms with E-state index in [0.29, 0.717) is 16.9 Å². The van der Waals surface area contributed by atoms with Crippen LogP contribution in [-0.2, 0) is 4.74 Å². The number of aliphatic hydroxyl groups excluding tert-OH is 3. The molecule has 4 atom stereocenters. The van der Waals surface area contributed by atoms with Crippen LogP contribution in [0.3, 0.4) is 0 Å². The Morgan fingerprint density at radius 2 is 2.09 bits per heavy atom. The SMILES string of the molecule is OC[C@H]1O[C@@H](n2cnc3c(-c4cccs4)ncnc32)[C@H](O)[C@@H]1O. The van der Waals surface area contributed by atoms with Crippen molar-refractivity contribution < 1.29 is 20.1 Å². The van der Waals surface area contributed by atoms with E-state index < -0.39 is 24.5 Å². The van der Waals surface area contributed by atoms with Crippen LogP contribution in [0.5, 0.6) is 0 Å². The van der Waals surface area contributed by atoms with Gasteiger partial charge in [0.1, 0.15) is 35.8 Å². The van der Waals surface area contributed by atoms with Gasteiger partial charge >= 0.3 is 0 Å². The highest BCUT2D eigenvalue weighted by atomic mass is 32.1. The van der Waals surface area contributed by atoms with Crippen LogP contribution in [0.4, 0.5) is 0 Å². The molecule has 1 fully saturated rings. The van der Waals surface area contributed by atoms with Gasteiger partial charge < -0.3 is 20.1 Å². The van der Waals surface area contributed by atoms with Gasteiger partial charge in [-0.05, 0) is 11.4 Å². The number of hydrogen-bond donors (Lipinski definition) is 3. The Kier molecular flexibility index (Phi) is 3.58. The summed E-state index contributed by atoms with van der Waals surface area (Å²) in [5.41, 5.74) is 1.79. The molecule has 0 unspecified atom stereocenters. The minimum atomic E-state index is -1.18. The highest BCUT2D eigenvalue weighted by molar-refractivity contribution is 7.13. The lowest BCUT2D eigenvalue weighted by molar-refractivity contribution is -0.0511. The monoisotopic (exact) mass is 334 g/mol. The summed E-state index contributed by atoms with van der Waals surface area (Å²) in [6, 6.07) is 3.87. The van der Waals surface area contributed by atoms with Crippen molar-refractivity contribution in [3.05, 3.63) is 30.2 Å². The van der Waals surface area contributed by atoms with Gasteiger partial charge in [0.25, 0.3) is 0 Å². The van der Waals surface area contributed by atoms with E-state index in [0.717, 1.165) is 4.88 Å². The molecule has 1 saturated heterocycles. The Hall–Kier alpha value is -1.91. The van der Waals surface area contributed by atoms with E-state index >= 15 is 0 Å². The first-order valence-corrected chi connectivity index (χ1v) is 7.92. The van der Waals surface area contributed by atoms with Crippen LogP contribution in [0.1, 0.15) is 6.23 Å². The summed E-state index contributed by atoms with van der Waals surface area (Å²) in [6.45, 7) is -0.378. The van der Waals surface area contributed by atoms with E-state index in [4.69, 9.17) is 4.74 Å². The lowest BCUT2D eigenvalue weighted by atomic mass is 10.1. The summed E-state index contributed by atoms with van der Waals surface area (Å²) >= 11 is 1.54. The average molecular weight is 334 g/mol. The highest BCUT2D eigenvalue weighted by Crippen LogP contribution is 2.33. The van der Waals surface area contributed by atoms with Gasteiger partial charge in [0.05, 0.1) is 17.8 Å². The van der Waals surface area contributed by atoms with Gasteiger partial charge in [-0.15, -0.1) is 11.3 Å². The number of fused-ring (bicyclic) bond motifs is 1. The quantitative estimate of drug-likeness (QED) is 0.625. The minimum Gasteiger partial charge on any atom is -0.394 e. The van der Waals surface area contributed by atoms with Gasteiger partial charge in [-0.1, -0.05) is 6.07 Å². The second-order valence-corrected chi connectivity index (χ2v) is 6.20. The Morgan fingerprint density at radius 3 is 2.78 bits per heavy atom. The first-order chi connectivity index (χ1) is 11.2. The third-order valence-corrected chi connectivity index (χ3v) is 4.78. The van der Waals surface area contributed by atoms with Crippen molar-refractivity contribution in [2.45, 2.75) is 24.5 Å². The minimum absolute atomic E-state index is 0.378. The zero-order valence-electron chi connectivity index (χ0n) is 11.9. The molecule has 3 N–H and O–H groups in total. The van der Waals surface area contributed by atoms with E-state index in [1.807, 2.05) is 17.5 Å². The Balaban J connectivity index is 1.80. The number of nitrogens with zero attached hydrogens (tertiary/aromatic N) is 4. The fourth-order valence-corrected chi connectivity index (χ4v) is 3.46. The van der Waals surface area contributed by atoms with Crippen LogP contribution in [0.2, 0.25) is 0 Å². The van der Waals surface area contributed by atoms with Crippen molar-refractivity contribution in [2.24, 2.45) is 0 Å².